The smallest absolute Gasteiger partial charge is 0.300 e. The molecule has 0 aliphatic carbocycles. The molecule has 1 aromatic heterocycles. The van der Waals surface area contributed by atoms with Gasteiger partial charge >= 0.3 is 5.91 Å². The maximum atomic E-state index is 11.4. The lowest BCUT2D eigenvalue weighted by atomic mass is 9.87. The van der Waals surface area contributed by atoms with Gasteiger partial charge in [0.15, 0.2) is 5.76 Å². The van der Waals surface area contributed by atoms with Crippen LogP contribution >= 0.6 is 0 Å². The Morgan fingerprint density at radius 1 is 1.53 bits per heavy atom. The highest BCUT2D eigenvalue weighted by Crippen LogP contribution is 2.25. The summed E-state index contributed by atoms with van der Waals surface area (Å²) in [6.07, 6.45) is 0. The molecule has 5 nitrogen and oxygen atoms in total. The molecule has 1 heterocycles. The van der Waals surface area contributed by atoms with Crippen molar-refractivity contribution in [3.05, 3.63) is 23.2 Å². The maximum Gasteiger partial charge on any atom is 0.300 e. The first kappa shape index (κ1) is 15.7. The van der Waals surface area contributed by atoms with E-state index in [1.807, 2.05) is 6.92 Å². The number of carbonyl (C=O) groups is 1. The molecule has 1 aromatic rings. The summed E-state index contributed by atoms with van der Waals surface area (Å²) in [5.74, 6) is 5.71. The zero-order chi connectivity index (χ0) is 14.8. The highest BCUT2D eigenvalue weighted by Gasteiger charge is 2.25. The minimum Gasteiger partial charge on any atom is -0.456 e. The summed E-state index contributed by atoms with van der Waals surface area (Å²) in [7, 11) is 2.07. The van der Waals surface area contributed by atoms with Crippen LogP contribution < -0.4 is 11.3 Å². The van der Waals surface area contributed by atoms with Crippen LogP contribution in [0.3, 0.4) is 0 Å². The number of hydrogen-bond donors (Lipinski definition) is 2. The third-order valence-electron chi connectivity index (χ3n) is 3.71. The fraction of sp³-hybridized carbons (Fsp3) is 0.643. The minimum absolute atomic E-state index is 0.198. The van der Waals surface area contributed by atoms with Gasteiger partial charge in [-0.05, 0) is 32.4 Å². The molecule has 0 saturated heterocycles. The van der Waals surface area contributed by atoms with Gasteiger partial charge in [0.25, 0.3) is 0 Å². The van der Waals surface area contributed by atoms with E-state index in [-0.39, 0.29) is 11.2 Å². The molecule has 0 saturated carbocycles. The molecule has 0 aliphatic heterocycles. The second-order valence-electron chi connectivity index (χ2n) is 6.12. The van der Waals surface area contributed by atoms with Crippen molar-refractivity contribution in [3.63, 3.8) is 0 Å². The zero-order valence-electron chi connectivity index (χ0n) is 12.7. The van der Waals surface area contributed by atoms with Gasteiger partial charge in [-0.2, -0.15) is 0 Å². The van der Waals surface area contributed by atoms with Crippen molar-refractivity contribution in [2.24, 2.45) is 11.3 Å². The Balaban J connectivity index is 2.83. The van der Waals surface area contributed by atoms with Crippen molar-refractivity contribution < 1.29 is 9.21 Å². The first-order valence-corrected chi connectivity index (χ1v) is 6.47. The highest BCUT2D eigenvalue weighted by atomic mass is 16.4. The Labute approximate surface area is 115 Å². The number of aryl methyl sites for hydroxylation is 1. The topological polar surface area (TPSA) is 71.5 Å². The van der Waals surface area contributed by atoms with E-state index in [4.69, 9.17) is 10.3 Å². The molecular weight excluding hydrogens is 242 g/mol. The van der Waals surface area contributed by atoms with E-state index in [2.05, 4.69) is 45.1 Å². The van der Waals surface area contributed by atoms with Crippen molar-refractivity contribution in [2.75, 3.05) is 7.05 Å². The third-order valence-corrected chi connectivity index (χ3v) is 3.71. The molecule has 1 rings (SSSR count). The number of nitrogens with zero attached hydrogens (tertiary/aromatic N) is 1. The lowest BCUT2D eigenvalue weighted by Gasteiger charge is -2.35. The number of hydrazine groups is 1. The maximum absolute atomic E-state index is 11.4. The van der Waals surface area contributed by atoms with Crippen molar-refractivity contribution >= 4 is 5.91 Å². The van der Waals surface area contributed by atoms with Crippen LogP contribution in [0.4, 0.5) is 0 Å². The fourth-order valence-electron chi connectivity index (χ4n) is 1.93. The summed E-state index contributed by atoms with van der Waals surface area (Å²) in [5, 5.41) is 0. The van der Waals surface area contributed by atoms with Crippen molar-refractivity contribution in [3.8, 4) is 0 Å². The van der Waals surface area contributed by atoms with Crippen LogP contribution in [0.15, 0.2) is 10.5 Å². The number of hydrogen-bond acceptors (Lipinski definition) is 4. The number of nitrogens with one attached hydrogen (secondary N) is 1. The van der Waals surface area contributed by atoms with E-state index >= 15 is 0 Å². The molecule has 0 spiro atoms. The summed E-state index contributed by atoms with van der Waals surface area (Å²) >= 11 is 0. The Kier molecular flexibility index (Phi) is 4.76. The Morgan fingerprint density at radius 3 is 2.58 bits per heavy atom. The Hall–Kier alpha value is -1.33. The quantitative estimate of drug-likeness (QED) is 0.497. The summed E-state index contributed by atoms with van der Waals surface area (Å²) in [4.78, 5) is 13.7. The van der Waals surface area contributed by atoms with E-state index in [9.17, 15) is 4.79 Å². The van der Waals surface area contributed by atoms with Crippen LogP contribution in [-0.4, -0.2) is 23.9 Å². The second kappa shape index (κ2) is 5.75. The first-order chi connectivity index (χ1) is 8.66. The number of rotatable bonds is 4. The molecule has 0 aliphatic rings. The molecule has 108 valence electrons. The first-order valence-electron chi connectivity index (χ1n) is 6.47. The normalized spacial score (nSPS) is 13.7. The SMILES string of the molecule is Cc1oc(C(=O)NN)cc1CN(C)C(C)C(C)(C)C. The number of amides is 1. The van der Waals surface area contributed by atoms with E-state index in [1.54, 1.807) is 6.07 Å². The van der Waals surface area contributed by atoms with Crippen LogP contribution in [0.25, 0.3) is 0 Å². The van der Waals surface area contributed by atoms with Crippen LogP contribution in [0.5, 0.6) is 0 Å². The molecule has 0 aromatic carbocycles. The Bertz CT molecular complexity index is 446. The van der Waals surface area contributed by atoms with Gasteiger partial charge in [0, 0.05) is 18.2 Å². The van der Waals surface area contributed by atoms with Gasteiger partial charge in [0.05, 0.1) is 0 Å². The molecule has 1 amide bonds. The minimum atomic E-state index is -0.402. The van der Waals surface area contributed by atoms with Gasteiger partial charge in [0.2, 0.25) is 0 Å². The average Bonchev–Trinajstić information content (AvgIpc) is 2.67. The standard InChI is InChI=1S/C14H25N3O2/c1-9-11(7-12(19-9)13(18)16-15)8-17(6)10(2)14(3,4)5/h7,10H,8,15H2,1-6H3,(H,16,18). The van der Waals surface area contributed by atoms with E-state index < -0.39 is 5.91 Å². The average molecular weight is 267 g/mol. The van der Waals surface area contributed by atoms with Gasteiger partial charge in [-0.15, -0.1) is 0 Å². The molecule has 0 bridgehead atoms. The van der Waals surface area contributed by atoms with Crippen LogP contribution in [0.2, 0.25) is 0 Å². The van der Waals surface area contributed by atoms with Gasteiger partial charge in [-0.3, -0.25) is 15.1 Å². The van der Waals surface area contributed by atoms with E-state index in [0.29, 0.717) is 6.04 Å². The molecule has 19 heavy (non-hydrogen) atoms. The summed E-state index contributed by atoms with van der Waals surface area (Å²) in [6.45, 7) is 11.4. The van der Waals surface area contributed by atoms with Gasteiger partial charge < -0.3 is 4.42 Å². The van der Waals surface area contributed by atoms with E-state index in [1.165, 1.54) is 0 Å². The summed E-state index contributed by atoms with van der Waals surface area (Å²) < 4.78 is 5.41. The Morgan fingerprint density at radius 2 is 2.11 bits per heavy atom. The molecule has 0 fully saturated rings. The number of nitrogens with two attached hydrogens (primary N) is 1. The zero-order valence-corrected chi connectivity index (χ0v) is 12.7. The van der Waals surface area contributed by atoms with Crippen molar-refractivity contribution in [1.82, 2.24) is 10.3 Å². The molecular formula is C14H25N3O2. The number of carbonyl (C=O) groups excluding carboxylic acids is 1. The molecule has 0 radical (unpaired) electrons. The predicted molar refractivity (Wildman–Crippen MR) is 75.5 cm³/mol. The molecule has 5 heteroatoms. The highest BCUT2D eigenvalue weighted by molar-refractivity contribution is 5.91. The third kappa shape index (κ3) is 3.81. The lowest BCUT2D eigenvalue weighted by molar-refractivity contribution is 0.0924. The van der Waals surface area contributed by atoms with Crippen LogP contribution in [0, 0.1) is 12.3 Å². The monoisotopic (exact) mass is 267 g/mol. The predicted octanol–water partition coefficient (Wildman–Crippen LogP) is 2.06. The summed E-state index contributed by atoms with van der Waals surface area (Å²) in [5.41, 5.74) is 3.29. The van der Waals surface area contributed by atoms with Gasteiger partial charge in [-0.25, -0.2) is 5.84 Å². The fourth-order valence-corrected chi connectivity index (χ4v) is 1.93. The summed E-state index contributed by atoms with van der Waals surface area (Å²) in [6, 6.07) is 2.16. The number of nitrogen functional groups attached to an aromatic ring is 1. The van der Waals surface area contributed by atoms with Crippen LogP contribution in [-0.2, 0) is 6.54 Å². The van der Waals surface area contributed by atoms with Crippen LogP contribution in [0.1, 0.15) is 49.6 Å². The van der Waals surface area contributed by atoms with Crippen molar-refractivity contribution in [1.29, 1.82) is 0 Å². The molecule has 1 unspecified atom stereocenters. The molecule has 1 atom stereocenters. The van der Waals surface area contributed by atoms with E-state index in [0.717, 1.165) is 17.9 Å². The molecule has 3 N–H and O–H groups in total. The lowest BCUT2D eigenvalue weighted by Crippen LogP contribution is -2.38. The second-order valence-corrected chi connectivity index (χ2v) is 6.12. The number of furan rings is 1. The van der Waals surface area contributed by atoms with Gasteiger partial charge in [-0.1, -0.05) is 20.8 Å². The van der Waals surface area contributed by atoms with Gasteiger partial charge in [0.1, 0.15) is 5.76 Å². The van der Waals surface area contributed by atoms with Crippen molar-refractivity contribution in [2.45, 2.75) is 47.2 Å². The largest absolute Gasteiger partial charge is 0.456 e.